The van der Waals surface area contributed by atoms with E-state index in [4.69, 9.17) is 0 Å². The van der Waals surface area contributed by atoms with Crippen molar-refractivity contribution in [2.45, 2.75) is 40.2 Å². The van der Waals surface area contributed by atoms with E-state index >= 15 is 0 Å². The third-order valence-corrected chi connectivity index (χ3v) is 3.00. The molecule has 0 aromatic heterocycles. The van der Waals surface area contributed by atoms with E-state index < -0.39 is 0 Å². The number of carbonyl (C=O) groups excluding carboxylic acids is 2. The lowest BCUT2D eigenvalue weighted by atomic mass is 9.98. The van der Waals surface area contributed by atoms with Crippen LogP contribution < -0.4 is 5.32 Å². The summed E-state index contributed by atoms with van der Waals surface area (Å²) >= 11 is 0. The van der Waals surface area contributed by atoms with E-state index in [2.05, 4.69) is 5.32 Å². The number of amides is 2. The van der Waals surface area contributed by atoms with Gasteiger partial charge in [-0.2, -0.15) is 0 Å². The summed E-state index contributed by atoms with van der Waals surface area (Å²) in [5.41, 5.74) is 0.729. The van der Waals surface area contributed by atoms with Crippen molar-refractivity contribution < 1.29 is 9.59 Å². The fourth-order valence-corrected chi connectivity index (χ4v) is 2.20. The molecule has 1 atom stereocenters. The molecule has 96 valence electrons. The van der Waals surface area contributed by atoms with Gasteiger partial charge in [-0.15, -0.1) is 0 Å². The van der Waals surface area contributed by atoms with Crippen LogP contribution >= 0.6 is 0 Å². The summed E-state index contributed by atoms with van der Waals surface area (Å²) in [6, 6.07) is -0.337. The normalized spacial score (nSPS) is 21.7. The van der Waals surface area contributed by atoms with Gasteiger partial charge in [-0.05, 0) is 19.3 Å². The van der Waals surface area contributed by atoms with Crippen LogP contribution in [0.4, 0.5) is 0 Å². The monoisotopic (exact) mass is 238 g/mol. The number of allylic oxidation sites excluding steroid dienone is 1. The van der Waals surface area contributed by atoms with Crippen molar-refractivity contribution in [3.05, 3.63) is 11.6 Å². The zero-order valence-electron chi connectivity index (χ0n) is 11.1. The molecule has 0 aromatic carbocycles. The predicted octanol–water partition coefficient (Wildman–Crippen LogP) is 1.33. The first-order valence-corrected chi connectivity index (χ1v) is 6.24. The smallest absolute Gasteiger partial charge is 0.249 e. The Kier molecular flexibility index (Phi) is 4.73. The van der Waals surface area contributed by atoms with Crippen molar-refractivity contribution in [2.24, 2.45) is 5.92 Å². The first-order chi connectivity index (χ1) is 7.99. The molecule has 4 nitrogen and oxygen atoms in total. The highest BCUT2D eigenvalue weighted by Gasteiger charge is 2.35. The van der Waals surface area contributed by atoms with Crippen molar-refractivity contribution >= 4 is 11.8 Å². The summed E-state index contributed by atoms with van der Waals surface area (Å²) < 4.78 is 0. The van der Waals surface area contributed by atoms with Gasteiger partial charge >= 0.3 is 0 Å². The molecule has 1 fully saturated rings. The molecule has 1 N–H and O–H groups in total. The maximum atomic E-state index is 12.2. The number of hydrogen-bond donors (Lipinski definition) is 1. The van der Waals surface area contributed by atoms with E-state index in [9.17, 15) is 9.59 Å². The van der Waals surface area contributed by atoms with Crippen molar-refractivity contribution in [1.82, 2.24) is 10.2 Å². The molecule has 4 heteroatoms. The lowest BCUT2D eigenvalue weighted by Gasteiger charge is -2.37. The Morgan fingerprint density at radius 1 is 1.59 bits per heavy atom. The quantitative estimate of drug-likeness (QED) is 0.754. The van der Waals surface area contributed by atoms with Gasteiger partial charge in [-0.25, -0.2) is 0 Å². The van der Waals surface area contributed by atoms with Crippen LogP contribution in [0, 0.1) is 5.92 Å². The second kappa shape index (κ2) is 5.84. The zero-order chi connectivity index (χ0) is 13.0. The fraction of sp³-hybridized carbons (Fsp3) is 0.692. The SMILES string of the molecule is CCC=C(C)C(=O)N1CCNC(=O)C1C(C)C. The molecule has 0 spiro atoms. The molecule has 1 aliphatic heterocycles. The number of carbonyl (C=O) groups is 2. The highest BCUT2D eigenvalue weighted by atomic mass is 16.2. The van der Waals surface area contributed by atoms with E-state index in [1.165, 1.54) is 0 Å². The average Bonchev–Trinajstić information content (AvgIpc) is 2.27. The topological polar surface area (TPSA) is 49.4 Å². The Bertz CT molecular complexity index is 334. The summed E-state index contributed by atoms with van der Waals surface area (Å²) in [5.74, 6) is 0.0815. The number of rotatable bonds is 3. The molecule has 17 heavy (non-hydrogen) atoms. The predicted molar refractivity (Wildman–Crippen MR) is 67.4 cm³/mol. The standard InChI is InChI=1S/C13H22N2O2/c1-5-6-10(4)13(17)15-8-7-14-12(16)11(15)9(2)3/h6,9,11H,5,7-8H2,1-4H3,(H,14,16). The maximum Gasteiger partial charge on any atom is 0.249 e. The minimum atomic E-state index is -0.337. The van der Waals surface area contributed by atoms with Crippen LogP contribution in [0.15, 0.2) is 11.6 Å². The molecule has 0 aliphatic carbocycles. The van der Waals surface area contributed by atoms with Crippen molar-refractivity contribution in [3.8, 4) is 0 Å². The molecular weight excluding hydrogens is 216 g/mol. The number of piperazine rings is 1. The van der Waals surface area contributed by atoms with E-state index in [1.807, 2.05) is 33.8 Å². The Balaban J connectivity index is 2.89. The lowest BCUT2D eigenvalue weighted by Crippen LogP contribution is -2.59. The summed E-state index contributed by atoms with van der Waals surface area (Å²) in [5, 5.41) is 2.82. The van der Waals surface area contributed by atoms with Crippen LogP contribution in [0.3, 0.4) is 0 Å². The Labute approximate surface area is 103 Å². The van der Waals surface area contributed by atoms with E-state index in [1.54, 1.807) is 4.90 Å². The van der Waals surface area contributed by atoms with Crippen LogP contribution in [-0.4, -0.2) is 35.8 Å². The Hall–Kier alpha value is -1.32. The Morgan fingerprint density at radius 3 is 2.76 bits per heavy atom. The molecule has 0 saturated carbocycles. The van der Waals surface area contributed by atoms with Crippen molar-refractivity contribution in [1.29, 1.82) is 0 Å². The second-order valence-electron chi connectivity index (χ2n) is 4.77. The molecule has 0 radical (unpaired) electrons. The minimum absolute atomic E-state index is 0.0135. The van der Waals surface area contributed by atoms with Crippen LogP contribution in [0.5, 0.6) is 0 Å². The third-order valence-electron chi connectivity index (χ3n) is 3.00. The summed E-state index contributed by atoms with van der Waals surface area (Å²) in [4.78, 5) is 25.7. The van der Waals surface area contributed by atoms with Crippen molar-refractivity contribution in [3.63, 3.8) is 0 Å². The van der Waals surface area contributed by atoms with Crippen LogP contribution in [-0.2, 0) is 9.59 Å². The molecule has 1 unspecified atom stereocenters. The first kappa shape index (κ1) is 13.7. The second-order valence-corrected chi connectivity index (χ2v) is 4.77. The van der Waals surface area contributed by atoms with Crippen LogP contribution in [0.2, 0.25) is 0 Å². The summed E-state index contributed by atoms with van der Waals surface area (Å²) in [7, 11) is 0. The molecule has 1 saturated heterocycles. The van der Waals surface area contributed by atoms with Crippen LogP contribution in [0.25, 0.3) is 0 Å². The highest BCUT2D eigenvalue weighted by molar-refractivity contribution is 5.97. The van der Waals surface area contributed by atoms with Gasteiger partial charge in [0, 0.05) is 18.7 Å². The molecule has 1 aliphatic rings. The molecular formula is C13H22N2O2. The number of hydrogen-bond acceptors (Lipinski definition) is 2. The van der Waals surface area contributed by atoms with E-state index in [-0.39, 0.29) is 23.8 Å². The average molecular weight is 238 g/mol. The van der Waals surface area contributed by atoms with E-state index in [0.29, 0.717) is 13.1 Å². The van der Waals surface area contributed by atoms with Crippen LogP contribution in [0.1, 0.15) is 34.1 Å². The van der Waals surface area contributed by atoms with Gasteiger partial charge in [-0.1, -0.05) is 26.8 Å². The minimum Gasteiger partial charge on any atom is -0.353 e. The molecule has 1 rings (SSSR count). The maximum absolute atomic E-state index is 12.2. The van der Waals surface area contributed by atoms with Gasteiger partial charge in [0.05, 0.1) is 0 Å². The van der Waals surface area contributed by atoms with E-state index in [0.717, 1.165) is 12.0 Å². The third kappa shape index (κ3) is 3.08. The van der Waals surface area contributed by atoms with Gasteiger partial charge in [0.1, 0.15) is 6.04 Å². The number of nitrogens with one attached hydrogen (secondary N) is 1. The molecule has 0 bridgehead atoms. The summed E-state index contributed by atoms with van der Waals surface area (Å²) in [6.07, 6.45) is 2.75. The molecule has 0 aromatic rings. The fourth-order valence-electron chi connectivity index (χ4n) is 2.20. The van der Waals surface area contributed by atoms with Gasteiger partial charge in [0.25, 0.3) is 0 Å². The highest BCUT2D eigenvalue weighted by Crippen LogP contribution is 2.16. The van der Waals surface area contributed by atoms with Gasteiger partial charge in [0.2, 0.25) is 11.8 Å². The first-order valence-electron chi connectivity index (χ1n) is 6.24. The zero-order valence-corrected chi connectivity index (χ0v) is 11.1. The molecule has 1 heterocycles. The van der Waals surface area contributed by atoms with Gasteiger partial charge in [-0.3, -0.25) is 9.59 Å². The number of nitrogens with zero attached hydrogens (tertiary/aromatic N) is 1. The molecule has 2 amide bonds. The lowest BCUT2D eigenvalue weighted by molar-refractivity contribution is -0.142. The van der Waals surface area contributed by atoms with Crippen molar-refractivity contribution in [2.75, 3.05) is 13.1 Å². The Morgan fingerprint density at radius 2 is 2.24 bits per heavy atom. The summed E-state index contributed by atoms with van der Waals surface area (Å²) in [6.45, 7) is 8.90. The van der Waals surface area contributed by atoms with Gasteiger partial charge < -0.3 is 10.2 Å². The van der Waals surface area contributed by atoms with Gasteiger partial charge in [0.15, 0.2) is 0 Å². The largest absolute Gasteiger partial charge is 0.353 e.